The van der Waals surface area contributed by atoms with Crippen LogP contribution in [-0.2, 0) is 19.9 Å². The predicted octanol–water partition coefficient (Wildman–Crippen LogP) is 0.814. The molecule has 1 fully saturated rings. The maximum atomic E-state index is 11.8. The standard InChI is InChI=1S/C9H18BrNO4S2/c1-8(10)9-3-5-11(6-4-9)17(14,15)7-16(2,12)13/h8-9H,3-7H2,1-2H3. The largest absolute Gasteiger partial charge is 0.228 e. The Labute approximate surface area is 112 Å². The Bertz CT molecular complexity index is 449. The number of sulfone groups is 1. The second-order valence-electron chi connectivity index (χ2n) is 4.57. The Morgan fingerprint density at radius 3 is 2.06 bits per heavy atom. The number of sulfonamides is 1. The first-order valence-electron chi connectivity index (χ1n) is 5.41. The summed E-state index contributed by atoms with van der Waals surface area (Å²) < 4.78 is 47.0. The van der Waals surface area contributed by atoms with Crippen molar-refractivity contribution < 1.29 is 16.8 Å². The van der Waals surface area contributed by atoms with Gasteiger partial charge in [0.1, 0.15) is 0 Å². The van der Waals surface area contributed by atoms with Crippen LogP contribution in [-0.4, -0.2) is 50.4 Å². The molecule has 5 nitrogen and oxygen atoms in total. The molecule has 1 aliphatic heterocycles. The fraction of sp³-hybridized carbons (Fsp3) is 1.00. The van der Waals surface area contributed by atoms with Gasteiger partial charge in [0.05, 0.1) is 0 Å². The van der Waals surface area contributed by atoms with Crippen molar-refractivity contribution >= 4 is 35.8 Å². The van der Waals surface area contributed by atoms with E-state index in [1.54, 1.807) is 0 Å². The van der Waals surface area contributed by atoms with Crippen molar-refractivity contribution in [2.45, 2.75) is 24.6 Å². The van der Waals surface area contributed by atoms with Gasteiger partial charge in [-0.2, -0.15) is 0 Å². The molecule has 1 heterocycles. The van der Waals surface area contributed by atoms with E-state index in [0.717, 1.165) is 19.1 Å². The van der Waals surface area contributed by atoms with E-state index in [1.165, 1.54) is 4.31 Å². The van der Waals surface area contributed by atoms with Crippen molar-refractivity contribution in [3.63, 3.8) is 0 Å². The first-order chi connectivity index (χ1) is 7.62. The van der Waals surface area contributed by atoms with Gasteiger partial charge in [-0.3, -0.25) is 0 Å². The van der Waals surface area contributed by atoms with Crippen LogP contribution in [0.25, 0.3) is 0 Å². The Kier molecular flexibility index (Phi) is 5.02. The van der Waals surface area contributed by atoms with E-state index in [2.05, 4.69) is 15.9 Å². The van der Waals surface area contributed by atoms with Gasteiger partial charge in [0.25, 0.3) is 0 Å². The van der Waals surface area contributed by atoms with Crippen LogP contribution in [0.3, 0.4) is 0 Å². The SMILES string of the molecule is CC(Br)C1CCN(S(=O)(=O)CS(C)(=O)=O)CC1. The molecule has 0 aromatic heterocycles. The zero-order valence-corrected chi connectivity index (χ0v) is 13.2. The summed E-state index contributed by atoms with van der Waals surface area (Å²) in [5.41, 5.74) is 0. The molecule has 1 unspecified atom stereocenters. The molecule has 0 saturated carbocycles. The molecule has 17 heavy (non-hydrogen) atoms. The summed E-state index contributed by atoms with van der Waals surface area (Å²) in [6.07, 6.45) is 2.49. The van der Waals surface area contributed by atoms with Crippen molar-refractivity contribution in [3.8, 4) is 0 Å². The maximum absolute atomic E-state index is 11.8. The molecule has 0 amide bonds. The first kappa shape index (κ1) is 15.4. The van der Waals surface area contributed by atoms with Crippen molar-refractivity contribution in [1.29, 1.82) is 0 Å². The number of hydrogen-bond donors (Lipinski definition) is 0. The van der Waals surface area contributed by atoms with E-state index < -0.39 is 24.9 Å². The van der Waals surface area contributed by atoms with E-state index >= 15 is 0 Å². The van der Waals surface area contributed by atoms with Crippen molar-refractivity contribution in [2.75, 3.05) is 24.4 Å². The highest BCUT2D eigenvalue weighted by molar-refractivity contribution is 9.09. The van der Waals surface area contributed by atoms with Crippen LogP contribution in [0.5, 0.6) is 0 Å². The van der Waals surface area contributed by atoms with Crippen molar-refractivity contribution in [2.24, 2.45) is 5.92 Å². The van der Waals surface area contributed by atoms with E-state index in [1.807, 2.05) is 6.92 Å². The lowest BCUT2D eigenvalue weighted by molar-refractivity contribution is 0.275. The van der Waals surface area contributed by atoms with E-state index in [-0.39, 0.29) is 0 Å². The number of nitrogens with zero attached hydrogens (tertiary/aromatic N) is 1. The third kappa shape index (κ3) is 4.84. The zero-order valence-electron chi connectivity index (χ0n) is 9.96. The summed E-state index contributed by atoms with van der Waals surface area (Å²) in [6, 6.07) is 0. The van der Waals surface area contributed by atoms with Crippen molar-refractivity contribution in [1.82, 2.24) is 4.31 Å². The van der Waals surface area contributed by atoms with Gasteiger partial charge in [-0.05, 0) is 18.8 Å². The first-order valence-corrected chi connectivity index (χ1v) is 10.00. The molecule has 1 atom stereocenters. The van der Waals surface area contributed by atoms with Gasteiger partial charge in [0.15, 0.2) is 14.9 Å². The molecule has 0 N–H and O–H groups in total. The molecular weight excluding hydrogens is 330 g/mol. The summed E-state index contributed by atoms with van der Waals surface area (Å²) in [6.45, 7) is 2.88. The summed E-state index contributed by atoms with van der Waals surface area (Å²) in [4.78, 5) is 0.363. The van der Waals surface area contributed by atoms with Gasteiger partial charge in [-0.25, -0.2) is 21.1 Å². The minimum absolute atomic E-state index is 0.363. The van der Waals surface area contributed by atoms with Crippen LogP contribution in [0.15, 0.2) is 0 Å². The molecule has 8 heteroatoms. The number of rotatable bonds is 4. The average Bonchev–Trinajstić information content (AvgIpc) is 2.14. The van der Waals surface area contributed by atoms with Crippen LogP contribution in [0, 0.1) is 5.92 Å². The third-order valence-electron chi connectivity index (χ3n) is 2.90. The minimum atomic E-state index is -3.66. The summed E-state index contributed by atoms with van der Waals surface area (Å²) in [5, 5.41) is -0.783. The molecule has 1 saturated heterocycles. The highest BCUT2D eigenvalue weighted by Crippen LogP contribution is 2.26. The average molecular weight is 348 g/mol. The molecule has 0 bridgehead atoms. The van der Waals surface area contributed by atoms with Gasteiger partial charge < -0.3 is 0 Å². The Morgan fingerprint density at radius 1 is 1.24 bits per heavy atom. The topological polar surface area (TPSA) is 71.5 Å². The highest BCUT2D eigenvalue weighted by atomic mass is 79.9. The molecule has 0 aliphatic carbocycles. The van der Waals surface area contributed by atoms with Gasteiger partial charge in [0.2, 0.25) is 10.0 Å². The second kappa shape index (κ2) is 5.54. The van der Waals surface area contributed by atoms with Crippen LogP contribution in [0.1, 0.15) is 19.8 Å². The van der Waals surface area contributed by atoms with Crippen LogP contribution < -0.4 is 0 Å². The predicted molar refractivity (Wildman–Crippen MR) is 71.3 cm³/mol. The lowest BCUT2D eigenvalue weighted by atomic mass is 9.96. The number of piperidine rings is 1. The van der Waals surface area contributed by atoms with E-state index in [0.29, 0.717) is 23.8 Å². The smallest absolute Gasteiger partial charge is 0.228 e. The number of halogens is 1. The molecule has 102 valence electrons. The lowest BCUT2D eigenvalue weighted by Gasteiger charge is -2.32. The zero-order chi connectivity index (χ0) is 13.3. The summed E-state index contributed by atoms with van der Waals surface area (Å²) in [5.74, 6) is 0.458. The molecular formula is C9H18BrNO4S2. The molecule has 1 aliphatic rings. The van der Waals surface area contributed by atoms with E-state index in [4.69, 9.17) is 0 Å². The molecule has 0 spiro atoms. The van der Waals surface area contributed by atoms with Crippen LogP contribution in [0.2, 0.25) is 0 Å². The summed E-state index contributed by atoms with van der Waals surface area (Å²) >= 11 is 3.49. The minimum Gasteiger partial charge on any atom is -0.228 e. The number of hydrogen-bond acceptors (Lipinski definition) is 4. The monoisotopic (exact) mass is 347 g/mol. The second-order valence-corrected chi connectivity index (χ2v) is 10.5. The third-order valence-corrected chi connectivity index (χ3v) is 7.71. The number of alkyl halides is 1. The molecule has 1 rings (SSSR count). The van der Waals surface area contributed by atoms with E-state index in [9.17, 15) is 16.8 Å². The Hall–Kier alpha value is 0.340. The molecule has 0 aromatic rings. The molecule has 0 radical (unpaired) electrons. The highest BCUT2D eigenvalue weighted by Gasteiger charge is 2.31. The van der Waals surface area contributed by atoms with Gasteiger partial charge >= 0.3 is 0 Å². The Balaban J connectivity index is 2.65. The fourth-order valence-corrected chi connectivity index (χ4v) is 6.01. The maximum Gasteiger partial charge on any atom is 0.228 e. The van der Waals surface area contributed by atoms with Crippen LogP contribution >= 0.6 is 15.9 Å². The lowest BCUT2D eigenvalue weighted by Crippen LogP contribution is -2.42. The van der Waals surface area contributed by atoms with Gasteiger partial charge in [0, 0.05) is 24.2 Å². The van der Waals surface area contributed by atoms with Gasteiger partial charge in [-0.1, -0.05) is 22.9 Å². The normalized spacial score (nSPS) is 22.5. The van der Waals surface area contributed by atoms with Crippen molar-refractivity contribution in [3.05, 3.63) is 0 Å². The molecule has 0 aromatic carbocycles. The van der Waals surface area contributed by atoms with Gasteiger partial charge in [-0.15, -0.1) is 0 Å². The fourth-order valence-electron chi connectivity index (χ4n) is 1.96. The quantitative estimate of drug-likeness (QED) is 0.705. The van der Waals surface area contributed by atoms with Crippen LogP contribution in [0.4, 0.5) is 0 Å². The Morgan fingerprint density at radius 2 is 1.71 bits per heavy atom. The summed E-state index contributed by atoms with van der Waals surface area (Å²) in [7, 11) is -7.16.